The van der Waals surface area contributed by atoms with E-state index >= 15 is 0 Å². The van der Waals surface area contributed by atoms with E-state index in [2.05, 4.69) is 52.4 Å². The number of nitrogens with zero attached hydrogens (tertiary/aromatic N) is 9. The maximum absolute atomic E-state index is 14.3. The molecule has 3 aliphatic heterocycles. The fourth-order valence-electron chi connectivity index (χ4n) is 12.6. The van der Waals surface area contributed by atoms with Gasteiger partial charge >= 0.3 is 0 Å². The SMILES string of the molecule is Cc1ncsc1-c1ccc(CNC(=O)[C@@H]2C[C@@H](O)CN2C(=O)[C@@H](NC(=O)C2CC3(CCC(N4CCN(c5cnc(N6CCc7[nH]c8nnc(-c9ccccc9O)cc8c7[C@H]6C)nc5)CC4)CC3)C2)C(C)(C)C)cc1. The van der Waals surface area contributed by atoms with Gasteiger partial charge in [0, 0.05) is 92.8 Å². The van der Waals surface area contributed by atoms with Gasteiger partial charge in [-0.3, -0.25) is 19.3 Å². The van der Waals surface area contributed by atoms with E-state index in [1.165, 1.54) is 4.90 Å². The zero-order valence-electron chi connectivity index (χ0n) is 43.1. The van der Waals surface area contributed by atoms with Gasteiger partial charge in [-0.25, -0.2) is 15.0 Å². The van der Waals surface area contributed by atoms with Crippen molar-refractivity contribution < 1.29 is 24.6 Å². The van der Waals surface area contributed by atoms with E-state index in [0.29, 0.717) is 29.8 Å². The average Bonchev–Trinajstić information content (AvgIpc) is 4.12. The Labute approximate surface area is 436 Å². The Morgan fingerprint density at radius 3 is 2.35 bits per heavy atom. The lowest BCUT2D eigenvalue weighted by Crippen LogP contribution is -2.60. The number of fused-ring (bicyclic) bond motifs is 3. The molecule has 5 aliphatic rings. The van der Waals surface area contributed by atoms with Gasteiger partial charge in [-0.15, -0.1) is 21.5 Å². The van der Waals surface area contributed by atoms with E-state index in [9.17, 15) is 24.6 Å². The van der Waals surface area contributed by atoms with Crippen LogP contribution in [0.5, 0.6) is 5.75 Å². The number of H-pyrrole nitrogens is 1. The van der Waals surface area contributed by atoms with E-state index in [1.54, 1.807) is 23.5 Å². The maximum Gasteiger partial charge on any atom is 0.246 e. The van der Waals surface area contributed by atoms with Crippen LogP contribution in [0.25, 0.3) is 32.7 Å². The van der Waals surface area contributed by atoms with Gasteiger partial charge in [0.15, 0.2) is 5.65 Å². The van der Waals surface area contributed by atoms with E-state index < -0.39 is 23.6 Å². The van der Waals surface area contributed by atoms with Gasteiger partial charge < -0.3 is 40.5 Å². The zero-order chi connectivity index (χ0) is 51.5. The Morgan fingerprint density at radius 1 is 0.932 bits per heavy atom. The second kappa shape index (κ2) is 20.0. The molecule has 5 N–H and O–H groups in total. The first-order chi connectivity index (χ1) is 35.6. The number of likely N-dealkylation sites (tertiary alicyclic amines) is 1. The number of nitrogens with one attached hydrogen (secondary N) is 3. The number of carbonyl (C=O) groups is 3. The number of aliphatic hydroxyl groups is 1. The minimum atomic E-state index is -0.842. The van der Waals surface area contributed by atoms with E-state index in [0.717, 1.165) is 127 Å². The summed E-state index contributed by atoms with van der Waals surface area (Å²) < 4.78 is 0. The van der Waals surface area contributed by atoms with Crippen molar-refractivity contribution in [2.75, 3.05) is 49.1 Å². The van der Waals surface area contributed by atoms with Crippen LogP contribution in [0.4, 0.5) is 11.6 Å². The highest BCUT2D eigenvalue weighted by Crippen LogP contribution is 2.55. The molecule has 2 saturated heterocycles. The molecule has 4 aromatic heterocycles. The second-order valence-electron chi connectivity index (χ2n) is 22.6. The summed E-state index contributed by atoms with van der Waals surface area (Å²) in [6.45, 7) is 14.8. The van der Waals surface area contributed by atoms with Crippen molar-refractivity contribution in [2.24, 2.45) is 16.7 Å². The number of aryl methyl sites for hydroxylation is 1. The van der Waals surface area contributed by atoms with Crippen LogP contribution in [0.2, 0.25) is 0 Å². The molecule has 0 unspecified atom stereocenters. The molecule has 17 nitrogen and oxygen atoms in total. The van der Waals surface area contributed by atoms with E-state index in [4.69, 9.17) is 9.97 Å². The summed E-state index contributed by atoms with van der Waals surface area (Å²) in [5.74, 6) is -0.0227. The number of phenolic OH excluding ortho intramolecular Hbond substituents is 1. The van der Waals surface area contributed by atoms with Crippen molar-refractivity contribution in [3.8, 4) is 27.4 Å². The summed E-state index contributed by atoms with van der Waals surface area (Å²) in [6.07, 6.45) is 10.1. The minimum Gasteiger partial charge on any atom is -0.507 e. The molecule has 4 atom stereocenters. The summed E-state index contributed by atoms with van der Waals surface area (Å²) in [5, 5.41) is 37.3. The normalized spacial score (nSPS) is 24.7. The Balaban J connectivity index is 0.640. The number of thiazole rings is 1. The van der Waals surface area contributed by atoms with Crippen molar-refractivity contribution in [1.29, 1.82) is 0 Å². The van der Waals surface area contributed by atoms with E-state index in [-0.39, 0.29) is 53.8 Å². The predicted octanol–water partition coefficient (Wildman–Crippen LogP) is 6.95. The monoisotopic (exact) mass is 1020 g/mol. The van der Waals surface area contributed by atoms with Crippen LogP contribution < -0.4 is 20.4 Å². The molecule has 388 valence electrons. The first-order valence-electron chi connectivity index (χ1n) is 26.4. The number of aromatic amines is 1. The zero-order valence-corrected chi connectivity index (χ0v) is 43.9. The average molecular weight is 1020 g/mol. The van der Waals surface area contributed by atoms with Crippen LogP contribution in [0.1, 0.15) is 101 Å². The third-order valence-electron chi connectivity index (χ3n) is 16.9. The smallest absolute Gasteiger partial charge is 0.246 e. The van der Waals surface area contributed by atoms with Gasteiger partial charge in [-0.1, -0.05) is 57.2 Å². The lowest BCUT2D eigenvalue weighted by molar-refractivity contribution is -0.146. The van der Waals surface area contributed by atoms with Gasteiger partial charge in [0.05, 0.1) is 52.0 Å². The number of amides is 3. The standard InChI is InChI=1S/C56H68N12O5S/c1-33-48(74-32-60-33)36-12-10-35(11-13-36)28-57-52(72)45-24-40(69)31-68(45)53(73)49(55(3,4)5)62-51(71)37-26-56(27-37)17-14-38(15-18-56)65-20-22-66(23-21-65)39-29-58-54(59-30-39)67-19-16-43-47(34(67)2)42-25-44(63-64-50(42)61-43)41-8-6-7-9-46(41)70/h6-13,25,29-30,32,34,37-38,40,45,49,69-70H,14-24,26-28,31H2,1-5H3,(H,57,72)(H,61,64)(H,62,71)/t34-,37?,38?,40-,45+,49-,56?/m1/s1. The summed E-state index contributed by atoms with van der Waals surface area (Å²) in [5.41, 5.74) is 9.71. The van der Waals surface area contributed by atoms with Gasteiger partial charge in [0.25, 0.3) is 0 Å². The number of aromatic nitrogens is 6. The lowest BCUT2D eigenvalue weighted by Gasteiger charge is -2.53. The topological polar surface area (TPSA) is 209 Å². The predicted molar refractivity (Wildman–Crippen MR) is 285 cm³/mol. The van der Waals surface area contributed by atoms with Gasteiger partial charge in [0.1, 0.15) is 17.8 Å². The highest BCUT2D eigenvalue weighted by Gasteiger charge is 2.51. The quantitative estimate of drug-likeness (QED) is 0.0892. The van der Waals surface area contributed by atoms with E-state index in [1.807, 2.05) is 88.1 Å². The molecule has 0 bridgehead atoms. The lowest BCUT2D eigenvalue weighted by atomic mass is 9.55. The molecule has 18 heteroatoms. The number of hydrogen-bond acceptors (Lipinski definition) is 14. The molecule has 0 radical (unpaired) electrons. The highest BCUT2D eigenvalue weighted by molar-refractivity contribution is 7.13. The fourth-order valence-corrected chi connectivity index (χ4v) is 13.4. The third kappa shape index (κ3) is 9.71. The highest BCUT2D eigenvalue weighted by atomic mass is 32.1. The molecule has 74 heavy (non-hydrogen) atoms. The van der Waals surface area contributed by atoms with Crippen LogP contribution in [0.3, 0.4) is 0 Å². The van der Waals surface area contributed by atoms with Crippen LogP contribution >= 0.6 is 11.3 Å². The Morgan fingerprint density at radius 2 is 1.66 bits per heavy atom. The first-order valence-corrected chi connectivity index (χ1v) is 27.3. The van der Waals surface area contributed by atoms with Crippen LogP contribution in [0, 0.1) is 23.7 Å². The van der Waals surface area contributed by atoms with Crippen LogP contribution in [-0.2, 0) is 27.3 Å². The summed E-state index contributed by atoms with van der Waals surface area (Å²) in [7, 11) is 0. The van der Waals surface area contributed by atoms with Crippen molar-refractivity contribution in [1.82, 2.24) is 50.6 Å². The molecule has 4 fully saturated rings. The molecular formula is C56H68N12O5S. The largest absolute Gasteiger partial charge is 0.507 e. The molecule has 1 spiro atoms. The first kappa shape index (κ1) is 49.7. The number of piperazine rings is 1. The maximum atomic E-state index is 14.3. The van der Waals surface area contributed by atoms with Gasteiger partial charge in [-0.2, -0.15) is 0 Å². The van der Waals surface area contributed by atoms with Crippen molar-refractivity contribution in [3.05, 3.63) is 95.0 Å². The number of rotatable bonds is 11. The number of carbonyl (C=O) groups excluding carboxylic acids is 3. The minimum absolute atomic E-state index is 0.00552. The summed E-state index contributed by atoms with van der Waals surface area (Å²) >= 11 is 1.59. The summed E-state index contributed by atoms with van der Waals surface area (Å²) in [4.78, 5) is 69.4. The van der Waals surface area contributed by atoms with Crippen LogP contribution in [-0.4, -0.2) is 131 Å². The molecule has 2 aromatic carbocycles. The number of para-hydroxylation sites is 1. The van der Waals surface area contributed by atoms with Crippen molar-refractivity contribution in [2.45, 2.75) is 123 Å². The molecule has 7 heterocycles. The number of phenols is 1. The van der Waals surface area contributed by atoms with Gasteiger partial charge in [-0.05, 0) is 92.5 Å². The molecule has 3 amide bonds. The Bertz CT molecular complexity index is 3020. The van der Waals surface area contributed by atoms with Crippen molar-refractivity contribution in [3.63, 3.8) is 0 Å². The Hall–Kier alpha value is -6.50. The number of hydrogen-bond donors (Lipinski definition) is 5. The molecule has 2 aliphatic carbocycles. The molecule has 6 aromatic rings. The van der Waals surface area contributed by atoms with Gasteiger partial charge in [0.2, 0.25) is 23.7 Å². The Kier molecular flexibility index (Phi) is 13.4. The molecular weight excluding hydrogens is 953 g/mol. The number of aliphatic hydroxyl groups excluding tert-OH is 1. The number of aromatic hydroxyl groups is 1. The number of benzene rings is 2. The van der Waals surface area contributed by atoms with Crippen molar-refractivity contribution >= 4 is 51.7 Å². The third-order valence-corrected chi connectivity index (χ3v) is 17.8. The number of β-amino-alcohol motifs (C(OH)–C–C–N with tert-alkyl or cyclic N) is 1. The number of anilines is 2. The molecule has 11 rings (SSSR count). The fraction of sp³-hybridized carbons (Fsp3) is 0.500. The molecule has 2 saturated carbocycles. The second-order valence-corrected chi connectivity index (χ2v) is 23.5. The summed E-state index contributed by atoms with van der Waals surface area (Å²) in [6, 6.07) is 16.1. The van der Waals surface area contributed by atoms with Crippen LogP contribution in [0.15, 0.2) is 72.5 Å².